The Morgan fingerprint density at radius 3 is 2.33 bits per heavy atom. The highest BCUT2D eigenvalue weighted by atomic mass is 32.1. The van der Waals surface area contributed by atoms with Gasteiger partial charge >= 0.3 is 5.97 Å². The molecule has 0 N–H and O–H groups in total. The standard InChI is InChI=1S/C23H16N4O2S/c28-23(29-15-20-24-18-13-7-8-14-19(18)30-20)21-25-22(16-9-3-1-4-10-16)27(26-21)17-11-5-2-6-12-17/h1-14H,15H2. The minimum Gasteiger partial charge on any atom is -0.452 e. The smallest absolute Gasteiger partial charge is 0.378 e. The normalized spacial score (nSPS) is 10.9. The van der Waals surface area contributed by atoms with Gasteiger partial charge < -0.3 is 4.74 Å². The number of carbonyl (C=O) groups excluding carboxylic acids is 1. The number of thiazole rings is 1. The third-order valence-electron chi connectivity index (χ3n) is 4.49. The average Bonchev–Trinajstić information content (AvgIpc) is 3.43. The number of hydrogen-bond acceptors (Lipinski definition) is 6. The van der Waals surface area contributed by atoms with Crippen molar-refractivity contribution in [1.29, 1.82) is 0 Å². The van der Waals surface area contributed by atoms with Crippen molar-refractivity contribution in [3.63, 3.8) is 0 Å². The largest absolute Gasteiger partial charge is 0.452 e. The van der Waals surface area contributed by atoms with Gasteiger partial charge in [0.2, 0.25) is 0 Å². The van der Waals surface area contributed by atoms with E-state index in [0.717, 1.165) is 26.5 Å². The van der Waals surface area contributed by atoms with Gasteiger partial charge in [0.05, 0.1) is 15.9 Å². The number of hydrogen-bond donors (Lipinski definition) is 0. The lowest BCUT2D eigenvalue weighted by molar-refractivity contribution is 0.0458. The van der Waals surface area contributed by atoms with E-state index in [1.165, 1.54) is 11.3 Å². The maximum absolute atomic E-state index is 12.7. The van der Waals surface area contributed by atoms with Crippen molar-refractivity contribution < 1.29 is 9.53 Å². The van der Waals surface area contributed by atoms with Crippen LogP contribution >= 0.6 is 11.3 Å². The zero-order valence-corrected chi connectivity index (χ0v) is 16.6. The molecule has 30 heavy (non-hydrogen) atoms. The Balaban J connectivity index is 1.43. The Hall–Kier alpha value is -3.84. The average molecular weight is 412 g/mol. The molecule has 0 atom stereocenters. The summed E-state index contributed by atoms with van der Waals surface area (Å²) >= 11 is 1.50. The van der Waals surface area contributed by atoms with Crippen LogP contribution in [0.4, 0.5) is 0 Å². The highest BCUT2D eigenvalue weighted by Gasteiger charge is 2.20. The predicted octanol–water partition coefficient (Wildman–Crippen LogP) is 4.90. The first-order valence-corrected chi connectivity index (χ1v) is 10.2. The van der Waals surface area contributed by atoms with Crippen LogP contribution in [0.25, 0.3) is 27.3 Å². The molecule has 7 heteroatoms. The van der Waals surface area contributed by atoms with Crippen molar-refractivity contribution in [2.24, 2.45) is 0 Å². The summed E-state index contributed by atoms with van der Waals surface area (Å²) in [4.78, 5) is 21.6. The Labute approximate surface area is 176 Å². The fraction of sp³-hybridized carbons (Fsp3) is 0.0435. The van der Waals surface area contributed by atoms with Gasteiger partial charge in [-0.3, -0.25) is 0 Å². The number of rotatable bonds is 5. The molecule has 0 saturated heterocycles. The predicted molar refractivity (Wildman–Crippen MR) is 116 cm³/mol. The molecule has 6 nitrogen and oxygen atoms in total. The molecule has 0 fully saturated rings. The number of benzene rings is 3. The van der Waals surface area contributed by atoms with Crippen molar-refractivity contribution in [1.82, 2.24) is 19.7 Å². The Bertz CT molecular complexity index is 1220. The molecule has 5 rings (SSSR count). The van der Waals surface area contributed by atoms with Gasteiger partial charge in [-0.25, -0.2) is 19.4 Å². The molecule has 0 amide bonds. The molecular formula is C23H16N4O2S. The molecular weight excluding hydrogens is 396 g/mol. The Kier molecular flexibility index (Phi) is 4.78. The van der Waals surface area contributed by atoms with E-state index in [0.29, 0.717) is 5.82 Å². The van der Waals surface area contributed by atoms with E-state index in [9.17, 15) is 4.79 Å². The molecule has 0 unspecified atom stereocenters. The van der Waals surface area contributed by atoms with Crippen molar-refractivity contribution in [3.05, 3.63) is 95.8 Å². The van der Waals surface area contributed by atoms with Crippen LogP contribution in [0.2, 0.25) is 0 Å². The van der Waals surface area contributed by atoms with E-state index in [1.807, 2.05) is 84.9 Å². The first kappa shape index (κ1) is 18.2. The summed E-state index contributed by atoms with van der Waals surface area (Å²) in [5, 5.41) is 5.16. The van der Waals surface area contributed by atoms with Crippen LogP contribution in [0, 0.1) is 0 Å². The molecule has 2 aromatic heterocycles. The molecule has 0 spiro atoms. The molecule has 0 aliphatic heterocycles. The number of fused-ring (bicyclic) bond motifs is 1. The molecule has 5 aromatic rings. The molecule has 0 aliphatic rings. The van der Waals surface area contributed by atoms with Gasteiger partial charge in [-0.2, -0.15) is 0 Å². The highest BCUT2D eigenvalue weighted by molar-refractivity contribution is 7.18. The number of nitrogens with zero attached hydrogens (tertiary/aromatic N) is 4. The first-order valence-electron chi connectivity index (χ1n) is 9.37. The molecule has 0 radical (unpaired) electrons. The van der Waals surface area contributed by atoms with Gasteiger partial charge in [-0.15, -0.1) is 16.4 Å². The van der Waals surface area contributed by atoms with Crippen molar-refractivity contribution in [2.45, 2.75) is 6.61 Å². The highest BCUT2D eigenvalue weighted by Crippen LogP contribution is 2.23. The van der Waals surface area contributed by atoms with Crippen LogP contribution < -0.4 is 0 Å². The van der Waals surface area contributed by atoms with Gasteiger partial charge in [0.15, 0.2) is 5.82 Å². The zero-order valence-electron chi connectivity index (χ0n) is 15.8. The summed E-state index contributed by atoms with van der Waals surface area (Å²) in [6.45, 7) is 0.0821. The van der Waals surface area contributed by atoms with Gasteiger partial charge in [0.25, 0.3) is 5.82 Å². The van der Waals surface area contributed by atoms with E-state index in [4.69, 9.17) is 4.74 Å². The lowest BCUT2D eigenvalue weighted by Crippen LogP contribution is -2.08. The van der Waals surface area contributed by atoms with E-state index in [2.05, 4.69) is 15.1 Å². The van der Waals surface area contributed by atoms with Gasteiger partial charge in [-0.05, 0) is 24.3 Å². The minimum atomic E-state index is -0.582. The monoisotopic (exact) mass is 412 g/mol. The third-order valence-corrected chi connectivity index (χ3v) is 5.50. The second-order valence-corrected chi connectivity index (χ2v) is 7.64. The van der Waals surface area contributed by atoms with Crippen LogP contribution in [-0.2, 0) is 11.3 Å². The Morgan fingerprint density at radius 2 is 1.57 bits per heavy atom. The summed E-state index contributed by atoms with van der Waals surface area (Å²) in [6.07, 6.45) is 0. The summed E-state index contributed by atoms with van der Waals surface area (Å²) in [5.74, 6) is 0.00803. The number of carbonyl (C=O) groups is 1. The van der Waals surface area contributed by atoms with Gasteiger partial charge in [0.1, 0.15) is 11.6 Å². The summed E-state index contributed by atoms with van der Waals surface area (Å²) < 4.78 is 8.17. The van der Waals surface area contributed by atoms with Crippen LogP contribution in [0.5, 0.6) is 0 Å². The van der Waals surface area contributed by atoms with E-state index < -0.39 is 5.97 Å². The number of ether oxygens (including phenoxy) is 1. The lowest BCUT2D eigenvalue weighted by Gasteiger charge is -2.05. The van der Waals surface area contributed by atoms with E-state index >= 15 is 0 Å². The van der Waals surface area contributed by atoms with Gasteiger partial charge in [-0.1, -0.05) is 60.7 Å². The quantitative estimate of drug-likeness (QED) is 0.384. The molecule has 0 aliphatic carbocycles. The zero-order chi connectivity index (χ0) is 20.3. The number of esters is 1. The topological polar surface area (TPSA) is 69.9 Å². The summed E-state index contributed by atoms with van der Waals surface area (Å²) in [5.41, 5.74) is 2.57. The van der Waals surface area contributed by atoms with Gasteiger partial charge in [0, 0.05) is 5.56 Å². The minimum absolute atomic E-state index is 0.0128. The third kappa shape index (κ3) is 3.58. The van der Waals surface area contributed by atoms with Crippen molar-refractivity contribution in [3.8, 4) is 17.1 Å². The first-order chi connectivity index (χ1) is 14.8. The SMILES string of the molecule is O=C(OCc1nc2ccccc2s1)c1nc(-c2ccccc2)n(-c2ccccc2)n1. The Morgan fingerprint density at radius 1 is 0.867 bits per heavy atom. The van der Waals surface area contributed by atoms with Crippen LogP contribution in [0.1, 0.15) is 15.6 Å². The van der Waals surface area contributed by atoms with Crippen LogP contribution in [0.3, 0.4) is 0 Å². The lowest BCUT2D eigenvalue weighted by atomic mass is 10.2. The maximum atomic E-state index is 12.7. The van der Waals surface area contributed by atoms with E-state index in [1.54, 1.807) is 4.68 Å². The van der Waals surface area contributed by atoms with Crippen LogP contribution in [0.15, 0.2) is 84.9 Å². The molecule has 3 aromatic carbocycles. The second-order valence-electron chi connectivity index (χ2n) is 6.52. The number of para-hydroxylation sites is 2. The maximum Gasteiger partial charge on any atom is 0.378 e. The summed E-state index contributed by atoms with van der Waals surface area (Å²) in [6, 6.07) is 27.0. The molecule has 0 bridgehead atoms. The summed E-state index contributed by atoms with van der Waals surface area (Å²) in [7, 11) is 0. The van der Waals surface area contributed by atoms with Crippen LogP contribution in [-0.4, -0.2) is 25.7 Å². The van der Waals surface area contributed by atoms with E-state index in [-0.39, 0.29) is 12.4 Å². The van der Waals surface area contributed by atoms with Crippen molar-refractivity contribution in [2.75, 3.05) is 0 Å². The van der Waals surface area contributed by atoms with Crippen molar-refractivity contribution >= 4 is 27.5 Å². The molecule has 146 valence electrons. The fourth-order valence-electron chi connectivity index (χ4n) is 3.10. The second kappa shape index (κ2) is 7.88. The fourth-order valence-corrected chi connectivity index (χ4v) is 3.98. The number of aromatic nitrogens is 4. The molecule has 2 heterocycles. The molecule has 0 saturated carbocycles.